The number of hydrogen-bond acceptors (Lipinski definition) is 2. The highest BCUT2D eigenvalue weighted by molar-refractivity contribution is 9.10. The number of fused-ring (bicyclic) bond motifs is 2. The molecule has 2 aliphatic rings. The van der Waals surface area contributed by atoms with E-state index in [1.54, 1.807) is 6.07 Å². The summed E-state index contributed by atoms with van der Waals surface area (Å²) in [6, 6.07) is 5.53. The first-order valence-electron chi connectivity index (χ1n) is 6.96. The number of carbonyl (C=O) groups is 1. The van der Waals surface area contributed by atoms with Crippen LogP contribution in [0, 0.1) is 17.8 Å². The Balaban J connectivity index is 1.57. The number of nitrogens with one attached hydrogen (secondary N) is 1. The van der Waals surface area contributed by atoms with E-state index in [9.17, 15) is 4.79 Å². The van der Waals surface area contributed by atoms with Crippen molar-refractivity contribution in [1.82, 2.24) is 0 Å². The molecule has 0 heterocycles. The van der Waals surface area contributed by atoms with E-state index in [2.05, 4.69) is 21.2 Å². The van der Waals surface area contributed by atoms with Crippen LogP contribution in [-0.4, -0.2) is 5.91 Å². The van der Waals surface area contributed by atoms with Crippen LogP contribution in [0.5, 0.6) is 0 Å². The van der Waals surface area contributed by atoms with Crippen molar-refractivity contribution in [2.45, 2.75) is 32.1 Å². The van der Waals surface area contributed by atoms with Crippen molar-refractivity contribution in [2.75, 3.05) is 11.1 Å². The molecule has 1 aromatic rings. The molecule has 0 aromatic heterocycles. The van der Waals surface area contributed by atoms with Crippen LogP contribution in [0.2, 0.25) is 0 Å². The molecule has 1 aromatic carbocycles. The van der Waals surface area contributed by atoms with Gasteiger partial charge in [0, 0.05) is 22.3 Å². The summed E-state index contributed by atoms with van der Waals surface area (Å²) in [4.78, 5) is 12.1. The highest BCUT2D eigenvalue weighted by Gasteiger charge is 2.40. The average Bonchev–Trinajstić information content (AvgIpc) is 2.96. The SMILES string of the molecule is Nc1cc(NC(=O)CC2CC3CCC2C3)ccc1Br. The van der Waals surface area contributed by atoms with Gasteiger partial charge in [-0.1, -0.05) is 6.42 Å². The summed E-state index contributed by atoms with van der Waals surface area (Å²) in [6.07, 6.45) is 5.97. The lowest BCUT2D eigenvalue weighted by Crippen LogP contribution is -2.20. The van der Waals surface area contributed by atoms with Crippen molar-refractivity contribution < 1.29 is 4.79 Å². The van der Waals surface area contributed by atoms with E-state index in [1.165, 1.54) is 25.7 Å². The Hall–Kier alpha value is -1.03. The molecule has 2 bridgehead atoms. The summed E-state index contributed by atoms with van der Waals surface area (Å²) in [5.74, 6) is 2.42. The fourth-order valence-electron chi connectivity index (χ4n) is 3.70. The highest BCUT2D eigenvalue weighted by Crippen LogP contribution is 2.49. The molecular weight excluding hydrogens is 304 g/mol. The van der Waals surface area contributed by atoms with Gasteiger partial charge < -0.3 is 11.1 Å². The van der Waals surface area contributed by atoms with E-state index in [0.717, 1.165) is 22.0 Å². The van der Waals surface area contributed by atoms with Crippen LogP contribution in [0.3, 0.4) is 0 Å². The maximum Gasteiger partial charge on any atom is 0.224 e. The number of nitrogens with two attached hydrogens (primary N) is 1. The van der Waals surface area contributed by atoms with E-state index < -0.39 is 0 Å². The molecule has 4 heteroatoms. The Morgan fingerprint density at radius 1 is 1.37 bits per heavy atom. The molecule has 3 unspecified atom stereocenters. The van der Waals surface area contributed by atoms with Gasteiger partial charge in [0.15, 0.2) is 0 Å². The van der Waals surface area contributed by atoms with E-state index in [0.29, 0.717) is 18.0 Å². The molecule has 3 rings (SSSR count). The monoisotopic (exact) mass is 322 g/mol. The van der Waals surface area contributed by atoms with Crippen molar-refractivity contribution in [3.8, 4) is 0 Å². The molecule has 3 N–H and O–H groups in total. The second-order valence-electron chi connectivity index (χ2n) is 5.92. The van der Waals surface area contributed by atoms with Gasteiger partial charge in [0.05, 0.1) is 0 Å². The smallest absolute Gasteiger partial charge is 0.224 e. The Bertz CT molecular complexity index is 503. The molecule has 3 atom stereocenters. The summed E-state index contributed by atoms with van der Waals surface area (Å²) < 4.78 is 0.860. The Labute approximate surface area is 122 Å². The second-order valence-corrected chi connectivity index (χ2v) is 6.78. The predicted octanol–water partition coefficient (Wildman–Crippen LogP) is 3.80. The van der Waals surface area contributed by atoms with Gasteiger partial charge in [-0.25, -0.2) is 0 Å². The summed E-state index contributed by atoms with van der Waals surface area (Å²) in [5.41, 5.74) is 7.25. The lowest BCUT2D eigenvalue weighted by Gasteiger charge is -2.20. The summed E-state index contributed by atoms with van der Waals surface area (Å²) in [7, 11) is 0. The van der Waals surface area contributed by atoms with Crippen molar-refractivity contribution in [2.24, 2.45) is 17.8 Å². The maximum absolute atomic E-state index is 12.1. The number of nitrogen functional groups attached to an aromatic ring is 1. The molecule has 19 heavy (non-hydrogen) atoms. The van der Waals surface area contributed by atoms with Gasteiger partial charge in [0.1, 0.15) is 0 Å². The second kappa shape index (κ2) is 5.16. The lowest BCUT2D eigenvalue weighted by molar-refractivity contribution is -0.117. The molecule has 2 aliphatic carbocycles. The van der Waals surface area contributed by atoms with Gasteiger partial charge in [0.2, 0.25) is 5.91 Å². The zero-order chi connectivity index (χ0) is 13.4. The van der Waals surface area contributed by atoms with E-state index in [-0.39, 0.29) is 5.91 Å². The van der Waals surface area contributed by atoms with Crippen molar-refractivity contribution in [1.29, 1.82) is 0 Å². The molecular formula is C15H19BrN2O. The van der Waals surface area contributed by atoms with Gasteiger partial charge in [0.25, 0.3) is 0 Å². The van der Waals surface area contributed by atoms with Crippen molar-refractivity contribution >= 4 is 33.2 Å². The topological polar surface area (TPSA) is 55.1 Å². The zero-order valence-corrected chi connectivity index (χ0v) is 12.4. The number of amides is 1. The van der Waals surface area contributed by atoms with Gasteiger partial charge >= 0.3 is 0 Å². The molecule has 0 aliphatic heterocycles. The third-order valence-electron chi connectivity index (χ3n) is 4.61. The molecule has 0 saturated heterocycles. The minimum atomic E-state index is 0.124. The molecule has 3 nitrogen and oxygen atoms in total. The quantitative estimate of drug-likeness (QED) is 0.832. The summed E-state index contributed by atoms with van der Waals surface area (Å²) in [6.45, 7) is 0. The predicted molar refractivity (Wildman–Crippen MR) is 80.7 cm³/mol. The zero-order valence-electron chi connectivity index (χ0n) is 10.9. The van der Waals surface area contributed by atoms with Crippen LogP contribution in [-0.2, 0) is 4.79 Å². The lowest BCUT2D eigenvalue weighted by atomic mass is 9.86. The summed E-state index contributed by atoms with van der Waals surface area (Å²) >= 11 is 3.35. The third kappa shape index (κ3) is 2.78. The normalized spacial score (nSPS) is 28.6. The van der Waals surface area contributed by atoms with Crippen LogP contribution in [0.25, 0.3) is 0 Å². The van der Waals surface area contributed by atoms with Crippen LogP contribution in [0.4, 0.5) is 11.4 Å². The standard InChI is InChI=1S/C15H19BrN2O/c16-13-4-3-12(8-14(13)17)18-15(19)7-11-6-9-1-2-10(11)5-9/h3-4,8-11H,1-2,5-7,17H2,(H,18,19). The Morgan fingerprint density at radius 3 is 2.84 bits per heavy atom. The van der Waals surface area contributed by atoms with Crippen molar-refractivity contribution in [3.63, 3.8) is 0 Å². The fourth-order valence-corrected chi connectivity index (χ4v) is 3.94. The number of anilines is 2. The number of carbonyl (C=O) groups excluding carboxylic acids is 1. The van der Waals surface area contributed by atoms with Crippen LogP contribution in [0.1, 0.15) is 32.1 Å². The van der Waals surface area contributed by atoms with Crippen molar-refractivity contribution in [3.05, 3.63) is 22.7 Å². The molecule has 0 radical (unpaired) electrons. The first-order valence-corrected chi connectivity index (χ1v) is 7.76. The maximum atomic E-state index is 12.1. The Morgan fingerprint density at radius 2 is 2.21 bits per heavy atom. The van der Waals surface area contributed by atoms with Crippen LogP contribution < -0.4 is 11.1 Å². The third-order valence-corrected chi connectivity index (χ3v) is 5.33. The van der Waals surface area contributed by atoms with Gasteiger partial charge in [-0.15, -0.1) is 0 Å². The number of hydrogen-bond donors (Lipinski definition) is 2. The summed E-state index contributed by atoms with van der Waals surface area (Å²) in [5, 5.41) is 2.96. The number of rotatable bonds is 3. The largest absolute Gasteiger partial charge is 0.398 e. The minimum absolute atomic E-state index is 0.124. The van der Waals surface area contributed by atoms with Gasteiger partial charge in [-0.05, 0) is 71.1 Å². The van der Waals surface area contributed by atoms with E-state index in [1.807, 2.05) is 12.1 Å². The average molecular weight is 323 g/mol. The molecule has 2 saturated carbocycles. The van der Waals surface area contributed by atoms with Crippen LogP contribution >= 0.6 is 15.9 Å². The molecule has 0 spiro atoms. The van der Waals surface area contributed by atoms with E-state index >= 15 is 0 Å². The minimum Gasteiger partial charge on any atom is -0.398 e. The molecule has 2 fully saturated rings. The van der Waals surface area contributed by atoms with Gasteiger partial charge in [-0.2, -0.15) is 0 Å². The van der Waals surface area contributed by atoms with E-state index in [4.69, 9.17) is 5.73 Å². The first kappa shape index (κ1) is 13.0. The fraction of sp³-hybridized carbons (Fsp3) is 0.533. The number of halogens is 1. The Kier molecular flexibility index (Phi) is 3.52. The molecule has 1 amide bonds. The highest BCUT2D eigenvalue weighted by atomic mass is 79.9. The molecule has 102 valence electrons. The van der Waals surface area contributed by atoms with Crippen LogP contribution in [0.15, 0.2) is 22.7 Å². The van der Waals surface area contributed by atoms with Gasteiger partial charge in [-0.3, -0.25) is 4.79 Å². The number of benzene rings is 1. The first-order chi connectivity index (χ1) is 9.11.